The molecule has 0 saturated heterocycles. The third-order valence-electron chi connectivity index (χ3n) is 5.28. The lowest BCUT2D eigenvalue weighted by atomic mass is 10.0. The van der Waals surface area contributed by atoms with E-state index in [2.05, 4.69) is 12.1 Å². The van der Waals surface area contributed by atoms with Crippen LogP contribution in [0.5, 0.6) is 11.5 Å². The third kappa shape index (κ3) is 2.90. The molecule has 0 spiro atoms. The Balaban J connectivity index is 1.60. The van der Waals surface area contributed by atoms with Crippen LogP contribution in [0.2, 0.25) is 0 Å². The van der Waals surface area contributed by atoms with Gasteiger partial charge in [0.1, 0.15) is 11.5 Å². The Hall–Kier alpha value is -3.48. The zero-order chi connectivity index (χ0) is 20.0. The number of fused-ring (bicyclic) bond motifs is 2. The second-order valence-electron chi connectivity index (χ2n) is 7.31. The molecule has 2 aliphatic rings. The van der Waals surface area contributed by atoms with E-state index in [-0.39, 0.29) is 6.79 Å². The van der Waals surface area contributed by atoms with Crippen LogP contribution in [0.1, 0.15) is 24.6 Å². The summed E-state index contributed by atoms with van der Waals surface area (Å²) in [6.07, 6.45) is 2.31. The summed E-state index contributed by atoms with van der Waals surface area (Å²) in [4.78, 5) is 12.1. The number of esters is 1. The molecule has 1 aromatic heterocycles. The first-order chi connectivity index (χ1) is 14.1. The van der Waals surface area contributed by atoms with Gasteiger partial charge in [0.15, 0.2) is 11.5 Å². The predicted octanol–water partition coefficient (Wildman–Crippen LogP) is 3.51. The summed E-state index contributed by atoms with van der Waals surface area (Å²) in [7, 11) is 1.36. The topological polar surface area (TPSA) is 71.8 Å². The number of methoxy groups -OCH3 is 1. The minimum atomic E-state index is -1.05. The molecule has 29 heavy (non-hydrogen) atoms. The molecule has 2 aliphatic heterocycles. The Bertz CT molecular complexity index is 1140. The molecule has 0 aliphatic carbocycles. The molecule has 1 unspecified atom stereocenters. The monoisotopic (exact) mass is 392 g/mol. The number of benzene rings is 2. The van der Waals surface area contributed by atoms with Gasteiger partial charge in [0.05, 0.1) is 19.2 Å². The van der Waals surface area contributed by atoms with E-state index in [9.17, 15) is 4.79 Å². The van der Waals surface area contributed by atoms with Crippen molar-refractivity contribution in [2.75, 3.05) is 13.9 Å². The van der Waals surface area contributed by atoms with E-state index in [0.29, 0.717) is 35.9 Å². The highest BCUT2D eigenvalue weighted by Crippen LogP contribution is 2.41. The van der Waals surface area contributed by atoms with Crippen molar-refractivity contribution in [2.24, 2.45) is 0 Å². The van der Waals surface area contributed by atoms with E-state index in [1.807, 2.05) is 41.1 Å². The summed E-state index contributed by atoms with van der Waals surface area (Å²) in [5, 5.41) is 5.70. The maximum Gasteiger partial charge on any atom is 0.350 e. The molecule has 0 amide bonds. The van der Waals surface area contributed by atoms with Gasteiger partial charge in [-0.25, -0.2) is 4.79 Å². The van der Waals surface area contributed by atoms with Crippen LogP contribution in [-0.2, 0) is 20.8 Å². The summed E-state index contributed by atoms with van der Waals surface area (Å²) in [5.41, 5.74) is 1.66. The van der Waals surface area contributed by atoms with Gasteiger partial charge in [-0.15, -0.1) is 0 Å². The first-order valence-corrected chi connectivity index (χ1v) is 9.39. The molecule has 0 bridgehead atoms. The molecule has 148 valence electrons. The number of carbonyl (C=O) groups excluding carboxylic acids is 1. The van der Waals surface area contributed by atoms with E-state index < -0.39 is 11.6 Å². The van der Waals surface area contributed by atoms with Crippen molar-refractivity contribution in [1.82, 2.24) is 9.78 Å². The van der Waals surface area contributed by atoms with Gasteiger partial charge in [-0.2, -0.15) is 5.10 Å². The van der Waals surface area contributed by atoms with Crippen molar-refractivity contribution >= 4 is 22.6 Å². The fraction of sp³-hybridized carbons (Fsp3) is 0.273. The van der Waals surface area contributed by atoms with Crippen LogP contribution in [0.25, 0.3) is 16.7 Å². The van der Waals surface area contributed by atoms with E-state index in [1.54, 1.807) is 6.92 Å². The lowest BCUT2D eigenvalue weighted by Crippen LogP contribution is -2.35. The molecular formula is C22H20N2O5. The summed E-state index contributed by atoms with van der Waals surface area (Å²) >= 11 is 0. The smallest absolute Gasteiger partial charge is 0.350 e. The van der Waals surface area contributed by atoms with Crippen molar-refractivity contribution in [3.05, 3.63) is 59.8 Å². The number of ether oxygens (including phenoxy) is 4. The molecule has 3 aromatic rings. The Kier molecular flexibility index (Phi) is 3.97. The SMILES string of the molecule is COC(=O)C1(C)CC=C(c2nn(Cc3ccccc3)c3cc4c(cc23)OCO4)O1. The molecule has 3 heterocycles. The first kappa shape index (κ1) is 17.6. The Morgan fingerprint density at radius 3 is 2.72 bits per heavy atom. The van der Waals surface area contributed by atoms with Crippen LogP contribution in [-0.4, -0.2) is 35.3 Å². The molecule has 0 radical (unpaired) electrons. The van der Waals surface area contributed by atoms with Crippen molar-refractivity contribution in [3.63, 3.8) is 0 Å². The number of hydrogen-bond acceptors (Lipinski definition) is 6. The highest BCUT2D eigenvalue weighted by molar-refractivity contribution is 5.93. The molecule has 0 N–H and O–H groups in total. The van der Waals surface area contributed by atoms with Crippen molar-refractivity contribution in [1.29, 1.82) is 0 Å². The highest BCUT2D eigenvalue weighted by Gasteiger charge is 2.42. The molecule has 7 heteroatoms. The van der Waals surface area contributed by atoms with Gasteiger partial charge in [-0.05, 0) is 24.6 Å². The number of rotatable bonds is 4. The summed E-state index contributed by atoms with van der Waals surface area (Å²) < 4.78 is 23.9. The van der Waals surface area contributed by atoms with Gasteiger partial charge in [0.25, 0.3) is 0 Å². The van der Waals surface area contributed by atoms with Gasteiger partial charge < -0.3 is 18.9 Å². The van der Waals surface area contributed by atoms with E-state index in [4.69, 9.17) is 24.0 Å². The van der Waals surface area contributed by atoms with Gasteiger partial charge in [0, 0.05) is 17.9 Å². The van der Waals surface area contributed by atoms with Gasteiger partial charge >= 0.3 is 5.97 Å². The number of nitrogens with zero attached hydrogens (tertiary/aromatic N) is 2. The van der Waals surface area contributed by atoms with E-state index in [0.717, 1.165) is 16.5 Å². The molecular weight excluding hydrogens is 372 g/mol. The molecule has 2 aromatic carbocycles. The minimum absolute atomic E-state index is 0.197. The van der Waals surface area contributed by atoms with Crippen LogP contribution in [0.3, 0.4) is 0 Å². The molecule has 0 fully saturated rings. The Morgan fingerprint density at radius 2 is 1.97 bits per heavy atom. The largest absolute Gasteiger partial charge is 0.473 e. The second-order valence-corrected chi connectivity index (χ2v) is 7.31. The van der Waals surface area contributed by atoms with Crippen LogP contribution in [0.15, 0.2) is 48.5 Å². The Labute approximate surface area is 167 Å². The molecule has 1 atom stereocenters. The molecule has 5 rings (SSSR count). The zero-order valence-corrected chi connectivity index (χ0v) is 16.2. The normalized spacial score (nSPS) is 19.9. The van der Waals surface area contributed by atoms with Crippen molar-refractivity contribution in [2.45, 2.75) is 25.5 Å². The molecule has 0 saturated carbocycles. The van der Waals surface area contributed by atoms with Gasteiger partial charge in [-0.3, -0.25) is 4.68 Å². The van der Waals surface area contributed by atoms with Crippen LogP contribution >= 0.6 is 0 Å². The summed E-state index contributed by atoms with van der Waals surface area (Å²) in [6, 6.07) is 14.0. The highest BCUT2D eigenvalue weighted by atomic mass is 16.7. The summed E-state index contributed by atoms with van der Waals surface area (Å²) in [6.45, 7) is 2.52. The van der Waals surface area contributed by atoms with Gasteiger partial charge in [0.2, 0.25) is 12.4 Å². The zero-order valence-electron chi connectivity index (χ0n) is 16.2. The standard InChI is InChI=1S/C22H20N2O5/c1-22(21(25)26-2)9-8-17(29-22)20-15-10-18-19(28-13-27-18)11-16(15)24(23-20)12-14-6-4-3-5-7-14/h3-8,10-11H,9,12-13H2,1-2H3. The minimum Gasteiger partial charge on any atom is -0.473 e. The maximum atomic E-state index is 12.1. The lowest BCUT2D eigenvalue weighted by Gasteiger charge is -2.21. The van der Waals surface area contributed by atoms with Crippen LogP contribution in [0.4, 0.5) is 0 Å². The van der Waals surface area contributed by atoms with Crippen molar-refractivity contribution in [3.8, 4) is 11.5 Å². The second kappa shape index (κ2) is 6.55. The van der Waals surface area contributed by atoms with E-state index >= 15 is 0 Å². The average Bonchev–Trinajstić information content (AvgIpc) is 3.44. The molecule has 7 nitrogen and oxygen atoms in total. The predicted molar refractivity (Wildman–Crippen MR) is 106 cm³/mol. The number of hydrogen-bond donors (Lipinski definition) is 0. The third-order valence-corrected chi connectivity index (χ3v) is 5.28. The van der Waals surface area contributed by atoms with E-state index in [1.165, 1.54) is 7.11 Å². The maximum absolute atomic E-state index is 12.1. The number of aromatic nitrogens is 2. The van der Waals surface area contributed by atoms with Crippen LogP contribution in [0, 0.1) is 0 Å². The first-order valence-electron chi connectivity index (χ1n) is 9.39. The fourth-order valence-electron chi connectivity index (χ4n) is 3.72. The lowest BCUT2D eigenvalue weighted by molar-refractivity contribution is -0.158. The van der Waals surface area contributed by atoms with Gasteiger partial charge in [-0.1, -0.05) is 30.3 Å². The average molecular weight is 392 g/mol. The number of carbonyl (C=O) groups is 1. The van der Waals surface area contributed by atoms with Crippen molar-refractivity contribution < 1.29 is 23.7 Å². The summed E-state index contributed by atoms with van der Waals surface area (Å²) in [5.74, 6) is 1.52. The quantitative estimate of drug-likeness (QED) is 0.633. The fourth-order valence-corrected chi connectivity index (χ4v) is 3.72. The Morgan fingerprint density at radius 1 is 1.21 bits per heavy atom. The van der Waals surface area contributed by atoms with Crippen LogP contribution < -0.4 is 9.47 Å².